The third-order valence-corrected chi connectivity index (χ3v) is 4.19. The Morgan fingerprint density at radius 2 is 1.30 bits per heavy atom. The van der Waals surface area contributed by atoms with Crippen LogP contribution in [0.5, 0.6) is 23.0 Å². The first-order chi connectivity index (χ1) is 13.0. The second kappa shape index (κ2) is 9.71. The van der Waals surface area contributed by atoms with E-state index in [1.165, 1.54) is 0 Å². The zero-order chi connectivity index (χ0) is 19.8. The molecule has 0 bridgehead atoms. The summed E-state index contributed by atoms with van der Waals surface area (Å²) < 4.78 is 22.0. The van der Waals surface area contributed by atoms with Crippen LogP contribution in [0.4, 0.5) is 0 Å². The highest BCUT2D eigenvalue weighted by Gasteiger charge is 2.21. The lowest BCUT2D eigenvalue weighted by Gasteiger charge is -2.20. The molecule has 0 unspecified atom stereocenters. The minimum absolute atomic E-state index is 0.162. The fraction of sp³-hybridized carbons (Fsp3) is 0.381. The minimum atomic E-state index is -0.387. The summed E-state index contributed by atoms with van der Waals surface area (Å²) >= 11 is 0. The Bertz CT molecular complexity index is 718. The van der Waals surface area contributed by atoms with Crippen LogP contribution in [0.25, 0.3) is 0 Å². The Balaban J connectivity index is 2.51. The van der Waals surface area contributed by atoms with E-state index < -0.39 is 0 Å². The summed E-state index contributed by atoms with van der Waals surface area (Å²) in [6.45, 7) is 4.84. The number of methoxy groups -OCH3 is 2. The van der Waals surface area contributed by atoms with Crippen LogP contribution in [0, 0.1) is 0 Å². The maximum absolute atomic E-state index is 11.7. The molecular weight excluding hydrogens is 346 g/mol. The summed E-state index contributed by atoms with van der Waals surface area (Å²) in [6, 6.07) is 11.3. The lowest BCUT2D eigenvalue weighted by Crippen LogP contribution is -2.16. The summed E-state index contributed by atoms with van der Waals surface area (Å²) in [6.07, 6.45) is 0.162. The highest BCUT2D eigenvalue weighted by Crippen LogP contribution is 2.38. The molecule has 2 aromatic carbocycles. The first kappa shape index (κ1) is 20.4. The third-order valence-electron chi connectivity index (χ3n) is 4.19. The van der Waals surface area contributed by atoms with E-state index in [4.69, 9.17) is 24.7 Å². The fourth-order valence-electron chi connectivity index (χ4n) is 2.99. The number of carbonyl (C=O) groups is 1. The zero-order valence-corrected chi connectivity index (χ0v) is 16.3. The highest BCUT2D eigenvalue weighted by atomic mass is 16.5. The second-order valence-corrected chi connectivity index (χ2v) is 5.91. The van der Waals surface area contributed by atoms with Crippen LogP contribution >= 0.6 is 0 Å². The molecule has 2 rings (SSSR count). The van der Waals surface area contributed by atoms with Gasteiger partial charge in [-0.3, -0.25) is 4.79 Å². The first-order valence-electron chi connectivity index (χ1n) is 8.93. The average molecular weight is 373 g/mol. The normalized spacial score (nSPS) is 10.6. The molecule has 0 aliphatic rings. The number of benzene rings is 2. The van der Waals surface area contributed by atoms with Gasteiger partial charge in [-0.15, -0.1) is 0 Å². The summed E-state index contributed by atoms with van der Waals surface area (Å²) in [4.78, 5) is 11.7. The summed E-state index contributed by atoms with van der Waals surface area (Å²) in [5, 5.41) is 0. The third kappa shape index (κ3) is 5.06. The molecule has 27 heavy (non-hydrogen) atoms. The van der Waals surface area contributed by atoms with Crippen LogP contribution < -0.4 is 24.7 Å². The molecule has 0 radical (unpaired) electrons. The molecule has 0 spiro atoms. The molecule has 0 heterocycles. The maximum Gasteiger partial charge on any atom is 0.218 e. The molecule has 0 atom stereocenters. The molecule has 0 fully saturated rings. The molecule has 146 valence electrons. The van der Waals surface area contributed by atoms with Gasteiger partial charge in [0.2, 0.25) is 5.91 Å². The van der Waals surface area contributed by atoms with Crippen molar-refractivity contribution in [1.29, 1.82) is 0 Å². The van der Waals surface area contributed by atoms with E-state index in [0.717, 1.165) is 11.1 Å². The van der Waals surface area contributed by atoms with Crippen molar-refractivity contribution in [2.24, 2.45) is 5.73 Å². The number of hydrogen-bond donors (Lipinski definition) is 1. The van der Waals surface area contributed by atoms with Crippen molar-refractivity contribution in [3.63, 3.8) is 0 Å². The van der Waals surface area contributed by atoms with Gasteiger partial charge in [0.05, 0.1) is 27.4 Å². The monoisotopic (exact) mass is 373 g/mol. The predicted octanol–water partition coefficient (Wildman–Crippen LogP) is 3.51. The lowest BCUT2D eigenvalue weighted by molar-refractivity contribution is -0.118. The molecular formula is C21H27NO5. The highest BCUT2D eigenvalue weighted by molar-refractivity contribution is 5.75. The van der Waals surface area contributed by atoms with Gasteiger partial charge in [-0.2, -0.15) is 0 Å². The van der Waals surface area contributed by atoms with Crippen LogP contribution in [0.3, 0.4) is 0 Å². The van der Waals surface area contributed by atoms with Gasteiger partial charge in [0.25, 0.3) is 0 Å². The number of rotatable bonds is 10. The Hall–Kier alpha value is -2.89. The van der Waals surface area contributed by atoms with E-state index in [2.05, 4.69) is 0 Å². The van der Waals surface area contributed by atoms with Crippen molar-refractivity contribution in [1.82, 2.24) is 0 Å². The van der Waals surface area contributed by atoms with Gasteiger partial charge < -0.3 is 24.7 Å². The first-order valence-corrected chi connectivity index (χ1v) is 8.93. The summed E-state index contributed by atoms with van der Waals surface area (Å²) in [5.74, 6) is 1.92. The second-order valence-electron chi connectivity index (χ2n) is 5.91. The Morgan fingerprint density at radius 3 is 1.63 bits per heavy atom. The Labute approximate surface area is 160 Å². The molecule has 2 aromatic rings. The van der Waals surface area contributed by atoms with Crippen molar-refractivity contribution >= 4 is 5.91 Å². The van der Waals surface area contributed by atoms with Crippen molar-refractivity contribution < 1.29 is 23.7 Å². The van der Waals surface area contributed by atoms with Crippen molar-refractivity contribution in [3.8, 4) is 23.0 Å². The molecule has 1 amide bonds. The van der Waals surface area contributed by atoms with Gasteiger partial charge in [0.1, 0.15) is 0 Å². The standard InChI is InChI=1S/C21H27NO5/c1-5-26-19-11-14(7-9-17(19)24-3)16(13-21(22)23)15-8-10-18(25-4)20(12-15)27-6-2/h7-12,16H,5-6,13H2,1-4H3,(H2,22,23). The topological polar surface area (TPSA) is 80.0 Å². The van der Waals surface area contributed by atoms with E-state index in [1.54, 1.807) is 14.2 Å². The van der Waals surface area contributed by atoms with Crippen LogP contribution in [0.2, 0.25) is 0 Å². The van der Waals surface area contributed by atoms with Gasteiger partial charge in [0.15, 0.2) is 23.0 Å². The van der Waals surface area contributed by atoms with Crippen LogP contribution in [0.1, 0.15) is 37.3 Å². The van der Waals surface area contributed by atoms with E-state index in [0.29, 0.717) is 36.2 Å². The van der Waals surface area contributed by atoms with Crippen LogP contribution in [0.15, 0.2) is 36.4 Å². The zero-order valence-electron chi connectivity index (χ0n) is 16.3. The summed E-state index contributed by atoms with van der Waals surface area (Å²) in [5.41, 5.74) is 7.34. The Kier molecular flexibility index (Phi) is 7.34. The van der Waals surface area contributed by atoms with Crippen LogP contribution in [-0.4, -0.2) is 33.3 Å². The number of nitrogens with two attached hydrogens (primary N) is 1. The SMILES string of the molecule is CCOc1cc(C(CC(N)=O)c2ccc(OC)c(OCC)c2)ccc1OC. The van der Waals surface area contributed by atoms with Gasteiger partial charge in [-0.1, -0.05) is 12.1 Å². The maximum atomic E-state index is 11.7. The van der Waals surface area contributed by atoms with E-state index in [1.807, 2.05) is 50.2 Å². The van der Waals surface area contributed by atoms with Crippen molar-refractivity contribution in [3.05, 3.63) is 47.5 Å². The number of primary amides is 1. The molecule has 0 aliphatic carbocycles. The van der Waals surface area contributed by atoms with Gasteiger partial charge in [-0.25, -0.2) is 0 Å². The van der Waals surface area contributed by atoms with Gasteiger partial charge in [-0.05, 0) is 49.2 Å². The molecule has 0 aromatic heterocycles. The molecule has 2 N–H and O–H groups in total. The largest absolute Gasteiger partial charge is 0.493 e. The van der Waals surface area contributed by atoms with E-state index >= 15 is 0 Å². The molecule has 0 saturated heterocycles. The summed E-state index contributed by atoms with van der Waals surface area (Å²) in [7, 11) is 3.19. The smallest absolute Gasteiger partial charge is 0.218 e. The van der Waals surface area contributed by atoms with Gasteiger partial charge in [0, 0.05) is 12.3 Å². The molecule has 0 saturated carbocycles. The quantitative estimate of drug-likeness (QED) is 0.689. The van der Waals surface area contributed by atoms with Crippen molar-refractivity contribution in [2.45, 2.75) is 26.2 Å². The number of amides is 1. The number of hydrogen-bond acceptors (Lipinski definition) is 5. The number of ether oxygens (including phenoxy) is 4. The lowest BCUT2D eigenvalue weighted by atomic mass is 9.88. The van der Waals surface area contributed by atoms with E-state index in [9.17, 15) is 4.79 Å². The molecule has 6 heteroatoms. The fourth-order valence-corrected chi connectivity index (χ4v) is 2.99. The Morgan fingerprint density at radius 1 is 0.852 bits per heavy atom. The minimum Gasteiger partial charge on any atom is -0.493 e. The van der Waals surface area contributed by atoms with Gasteiger partial charge >= 0.3 is 0 Å². The van der Waals surface area contributed by atoms with E-state index in [-0.39, 0.29) is 18.2 Å². The predicted molar refractivity (Wildman–Crippen MR) is 104 cm³/mol. The van der Waals surface area contributed by atoms with Crippen molar-refractivity contribution in [2.75, 3.05) is 27.4 Å². The average Bonchev–Trinajstić information content (AvgIpc) is 2.66. The van der Waals surface area contributed by atoms with Crippen LogP contribution in [-0.2, 0) is 4.79 Å². The molecule has 0 aliphatic heterocycles. The number of carbonyl (C=O) groups excluding carboxylic acids is 1. The molecule has 6 nitrogen and oxygen atoms in total.